The Morgan fingerprint density at radius 1 is 1.55 bits per heavy atom. The van der Waals surface area contributed by atoms with E-state index in [0.717, 1.165) is 12.8 Å². The first-order valence-corrected chi connectivity index (χ1v) is 4.00. The van der Waals surface area contributed by atoms with E-state index in [0.29, 0.717) is 0 Å². The summed E-state index contributed by atoms with van der Waals surface area (Å²) in [5.74, 6) is 0. The van der Waals surface area contributed by atoms with Crippen LogP contribution in [-0.4, -0.2) is 4.98 Å². The molecular weight excluding hydrogens is 134 g/mol. The molecule has 1 rings (SSSR count). The summed E-state index contributed by atoms with van der Waals surface area (Å²) in [7, 11) is 0. The second-order valence-corrected chi connectivity index (χ2v) is 2.93. The van der Waals surface area contributed by atoms with Crippen molar-refractivity contribution in [1.82, 2.24) is 4.98 Å². The van der Waals surface area contributed by atoms with Gasteiger partial charge >= 0.3 is 0 Å². The van der Waals surface area contributed by atoms with E-state index in [4.69, 9.17) is 0 Å². The van der Waals surface area contributed by atoms with Crippen LogP contribution in [0.5, 0.6) is 0 Å². The van der Waals surface area contributed by atoms with Gasteiger partial charge in [-0.3, -0.25) is 0 Å². The molecule has 0 saturated carbocycles. The van der Waals surface area contributed by atoms with Crippen LogP contribution in [0.1, 0.15) is 23.4 Å². The fourth-order valence-corrected chi connectivity index (χ4v) is 1.14. The zero-order valence-electron chi connectivity index (χ0n) is 7.28. The molecule has 0 aliphatic heterocycles. The third-order valence-corrected chi connectivity index (χ3v) is 1.95. The van der Waals surface area contributed by atoms with Crippen LogP contribution in [0.25, 0.3) is 0 Å². The highest BCUT2D eigenvalue weighted by Crippen LogP contribution is 2.09. The number of nitrogens with one attached hydrogen (secondary N) is 1. The van der Waals surface area contributed by atoms with E-state index in [2.05, 4.69) is 31.5 Å². The van der Waals surface area contributed by atoms with Crippen molar-refractivity contribution in [3.05, 3.63) is 35.7 Å². The summed E-state index contributed by atoms with van der Waals surface area (Å²) >= 11 is 0. The monoisotopic (exact) mass is 149 g/mol. The summed E-state index contributed by atoms with van der Waals surface area (Å²) in [4.78, 5) is 3.33. The Morgan fingerprint density at radius 2 is 2.27 bits per heavy atom. The molecule has 1 N–H and O–H groups in total. The summed E-state index contributed by atoms with van der Waals surface area (Å²) in [5, 5.41) is 0. The number of aromatic nitrogens is 1. The molecule has 11 heavy (non-hydrogen) atoms. The summed E-state index contributed by atoms with van der Waals surface area (Å²) in [6.07, 6.45) is 4.09. The van der Waals surface area contributed by atoms with E-state index in [1.54, 1.807) is 0 Å². The molecule has 1 heteroatoms. The molecule has 0 saturated heterocycles. The third kappa shape index (κ3) is 1.97. The van der Waals surface area contributed by atoms with E-state index in [1.165, 1.54) is 17.0 Å². The fourth-order valence-electron chi connectivity index (χ4n) is 1.14. The molecule has 0 bridgehead atoms. The topological polar surface area (TPSA) is 15.8 Å². The molecule has 0 aromatic carbocycles. The van der Waals surface area contributed by atoms with Crippen LogP contribution >= 0.6 is 0 Å². The van der Waals surface area contributed by atoms with Crippen LogP contribution in [-0.2, 0) is 6.42 Å². The molecule has 0 aliphatic rings. The maximum atomic E-state index is 3.69. The van der Waals surface area contributed by atoms with Gasteiger partial charge in [0, 0.05) is 11.4 Å². The number of rotatable bonds is 3. The number of hydrogen-bond acceptors (Lipinski definition) is 0. The van der Waals surface area contributed by atoms with Crippen LogP contribution < -0.4 is 0 Å². The highest BCUT2D eigenvalue weighted by Gasteiger charge is 1.97. The van der Waals surface area contributed by atoms with Gasteiger partial charge in [0.25, 0.3) is 0 Å². The summed E-state index contributed by atoms with van der Waals surface area (Å²) < 4.78 is 0. The minimum Gasteiger partial charge on any atom is -0.362 e. The van der Waals surface area contributed by atoms with E-state index in [9.17, 15) is 0 Å². The highest BCUT2D eigenvalue weighted by atomic mass is 14.7. The maximum absolute atomic E-state index is 3.69. The van der Waals surface area contributed by atoms with Crippen LogP contribution in [0.15, 0.2) is 18.7 Å². The molecule has 1 aromatic rings. The highest BCUT2D eigenvalue weighted by molar-refractivity contribution is 5.23. The second kappa shape index (κ2) is 3.42. The first kappa shape index (κ1) is 8.12. The quantitative estimate of drug-likeness (QED) is 0.636. The van der Waals surface area contributed by atoms with E-state index in [-0.39, 0.29) is 0 Å². The first-order valence-electron chi connectivity index (χ1n) is 4.00. The molecule has 0 amide bonds. The molecule has 0 spiro atoms. The molecule has 0 fully saturated rings. The molecule has 60 valence electrons. The predicted octanol–water partition coefficient (Wildman–Crippen LogP) is 2.75. The molecule has 0 radical (unpaired) electrons. The van der Waals surface area contributed by atoms with Crippen molar-refractivity contribution in [2.24, 2.45) is 0 Å². The number of H-pyrrole nitrogens is 1. The van der Waals surface area contributed by atoms with Crippen molar-refractivity contribution in [3.8, 4) is 0 Å². The van der Waals surface area contributed by atoms with Gasteiger partial charge in [-0.05, 0) is 38.3 Å². The molecule has 1 heterocycles. The average Bonchev–Trinajstić information content (AvgIpc) is 2.28. The number of allylic oxidation sites excluding steroid dienone is 1. The van der Waals surface area contributed by atoms with E-state index >= 15 is 0 Å². The lowest BCUT2D eigenvalue weighted by Gasteiger charge is -1.90. The molecule has 0 aliphatic carbocycles. The number of aromatic amines is 1. The number of hydrogen-bond donors (Lipinski definition) is 1. The van der Waals surface area contributed by atoms with Gasteiger partial charge in [-0.25, -0.2) is 0 Å². The van der Waals surface area contributed by atoms with Gasteiger partial charge < -0.3 is 4.98 Å². The van der Waals surface area contributed by atoms with E-state index in [1.807, 2.05) is 6.08 Å². The Balaban J connectivity index is 2.64. The van der Waals surface area contributed by atoms with Crippen molar-refractivity contribution >= 4 is 0 Å². The minimum atomic E-state index is 1.05. The van der Waals surface area contributed by atoms with Crippen LogP contribution in [0.2, 0.25) is 0 Å². The SMILES string of the molecule is C=CCCc1cc(C)c(C)[nH]1. The minimum absolute atomic E-state index is 1.05. The normalized spacial score (nSPS) is 10.0. The van der Waals surface area contributed by atoms with Crippen molar-refractivity contribution < 1.29 is 0 Å². The fraction of sp³-hybridized carbons (Fsp3) is 0.400. The predicted molar refractivity (Wildman–Crippen MR) is 48.8 cm³/mol. The van der Waals surface area contributed by atoms with Gasteiger partial charge in [-0.1, -0.05) is 6.08 Å². The molecule has 1 nitrogen and oxygen atoms in total. The third-order valence-electron chi connectivity index (χ3n) is 1.95. The van der Waals surface area contributed by atoms with Gasteiger partial charge in [-0.15, -0.1) is 6.58 Å². The van der Waals surface area contributed by atoms with Gasteiger partial charge in [0.05, 0.1) is 0 Å². The maximum Gasteiger partial charge on any atom is 0.0155 e. The van der Waals surface area contributed by atoms with Crippen LogP contribution in [0, 0.1) is 13.8 Å². The molecule has 1 aromatic heterocycles. The summed E-state index contributed by atoms with van der Waals surface area (Å²) in [6, 6.07) is 2.21. The smallest absolute Gasteiger partial charge is 0.0155 e. The van der Waals surface area contributed by atoms with Crippen molar-refractivity contribution in [1.29, 1.82) is 0 Å². The summed E-state index contributed by atoms with van der Waals surface area (Å²) in [6.45, 7) is 7.92. The lowest BCUT2D eigenvalue weighted by molar-refractivity contribution is 0.952. The first-order chi connectivity index (χ1) is 5.24. The van der Waals surface area contributed by atoms with Crippen LogP contribution in [0.4, 0.5) is 0 Å². The standard InChI is InChI=1S/C10H15N/c1-4-5-6-10-7-8(2)9(3)11-10/h4,7,11H,1,5-6H2,2-3H3. The van der Waals surface area contributed by atoms with Crippen molar-refractivity contribution in [3.63, 3.8) is 0 Å². The van der Waals surface area contributed by atoms with E-state index < -0.39 is 0 Å². The van der Waals surface area contributed by atoms with Gasteiger partial charge in [0.1, 0.15) is 0 Å². The summed E-state index contributed by atoms with van der Waals surface area (Å²) in [5.41, 5.74) is 3.95. The van der Waals surface area contributed by atoms with Gasteiger partial charge in [-0.2, -0.15) is 0 Å². The Morgan fingerprint density at radius 3 is 2.73 bits per heavy atom. The lowest BCUT2D eigenvalue weighted by Crippen LogP contribution is -1.82. The molecule has 0 atom stereocenters. The number of aryl methyl sites for hydroxylation is 3. The average molecular weight is 149 g/mol. The zero-order valence-corrected chi connectivity index (χ0v) is 7.28. The van der Waals surface area contributed by atoms with Gasteiger partial charge in [0.2, 0.25) is 0 Å². The van der Waals surface area contributed by atoms with Crippen molar-refractivity contribution in [2.75, 3.05) is 0 Å². The Hall–Kier alpha value is -0.980. The Kier molecular flexibility index (Phi) is 2.53. The Bertz CT molecular complexity index is 226. The molecule has 0 unspecified atom stereocenters. The Labute approximate surface area is 68.1 Å². The largest absolute Gasteiger partial charge is 0.362 e. The lowest BCUT2D eigenvalue weighted by atomic mass is 10.2. The zero-order chi connectivity index (χ0) is 8.27. The van der Waals surface area contributed by atoms with Crippen molar-refractivity contribution in [2.45, 2.75) is 26.7 Å². The molecular formula is C10H15N. The van der Waals surface area contributed by atoms with Crippen LogP contribution in [0.3, 0.4) is 0 Å². The second-order valence-electron chi connectivity index (χ2n) is 2.93. The van der Waals surface area contributed by atoms with Gasteiger partial charge in [0.15, 0.2) is 0 Å².